The molecule has 0 amide bonds. The van der Waals surface area contributed by atoms with Gasteiger partial charge in [0.2, 0.25) is 5.78 Å². The van der Waals surface area contributed by atoms with E-state index in [0.717, 1.165) is 35.7 Å². The number of carbonyl (C=O) groups is 1. The van der Waals surface area contributed by atoms with E-state index < -0.39 is 0 Å². The van der Waals surface area contributed by atoms with E-state index in [4.69, 9.17) is 5.73 Å². The summed E-state index contributed by atoms with van der Waals surface area (Å²) >= 11 is 4.70. The summed E-state index contributed by atoms with van der Waals surface area (Å²) in [5.41, 5.74) is 8.68. The van der Waals surface area contributed by atoms with Crippen LogP contribution in [0.1, 0.15) is 20.8 Å². The quantitative estimate of drug-likeness (QED) is 0.572. The zero-order valence-electron chi connectivity index (χ0n) is 15.6. The SMILES string of the molecule is N#Cc1c(N2CCN(c3ccccc3)CC2)sc(C(=O)c2ccc(Br)cc2)c1N. The maximum atomic E-state index is 13.0. The molecule has 2 aromatic carbocycles. The van der Waals surface area contributed by atoms with Crippen LogP contribution < -0.4 is 15.5 Å². The predicted octanol–water partition coefficient (Wildman–Crippen LogP) is 4.52. The van der Waals surface area contributed by atoms with Crippen LogP contribution in [0.3, 0.4) is 0 Å². The van der Waals surface area contributed by atoms with Crippen LogP contribution >= 0.6 is 27.3 Å². The van der Waals surface area contributed by atoms with Gasteiger partial charge in [-0.25, -0.2) is 0 Å². The molecule has 0 unspecified atom stereocenters. The number of para-hydroxylation sites is 1. The molecule has 1 aliphatic heterocycles. The summed E-state index contributed by atoms with van der Waals surface area (Å²) in [6.07, 6.45) is 0. The van der Waals surface area contributed by atoms with Crippen molar-refractivity contribution in [2.75, 3.05) is 41.7 Å². The Hall–Kier alpha value is -2.82. The van der Waals surface area contributed by atoms with E-state index in [9.17, 15) is 10.1 Å². The number of piperazine rings is 1. The molecule has 0 bridgehead atoms. The first-order chi connectivity index (χ1) is 14.1. The second-order valence-electron chi connectivity index (χ2n) is 6.78. The summed E-state index contributed by atoms with van der Waals surface area (Å²) in [5.74, 6) is -0.148. The Morgan fingerprint density at radius 1 is 1.00 bits per heavy atom. The van der Waals surface area contributed by atoms with Crippen molar-refractivity contribution in [1.29, 1.82) is 5.26 Å². The van der Waals surface area contributed by atoms with Gasteiger partial charge >= 0.3 is 0 Å². The van der Waals surface area contributed by atoms with Crippen molar-refractivity contribution in [3.05, 3.63) is 75.1 Å². The standard InChI is InChI=1S/C22H19BrN4OS/c23-16-8-6-15(7-9-16)20(28)21-19(25)18(14-24)22(29-21)27-12-10-26(11-13-27)17-4-2-1-3-5-17/h1-9H,10-13,25H2. The molecule has 2 N–H and O–H groups in total. The molecule has 4 rings (SSSR count). The van der Waals surface area contributed by atoms with Crippen LogP contribution in [0.25, 0.3) is 0 Å². The van der Waals surface area contributed by atoms with Crippen molar-refractivity contribution in [1.82, 2.24) is 0 Å². The molecule has 0 radical (unpaired) electrons. The van der Waals surface area contributed by atoms with E-state index >= 15 is 0 Å². The van der Waals surface area contributed by atoms with E-state index in [2.05, 4.69) is 43.9 Å². The molecule has 0 atom stereocenters. The lowest BCUT2D eigenvalue weighted by Crippen LogP contribution is -2.46. The molecule has 0 saturated carbocycles. The Balaban J connectivity index is 1.57. The van der Waals surface area contributed by atoms with Crippen molar-refractivity contribution in [3.63, 3.8) is 0 Å². The Morgan fingerprint density at radius 2 is 1.62 bits per heavy atom. The summed E-state index contributed by atoms with van der Waals surface area (Å²) in [6, 6.07) is 19.7. The lowest BCUT2D eigenvalue weighted by molar-refractivity contribution is 0.104. The maximum absolute atomic E-state index is 13.0. The molecule has 0 spiro atoms. The number of halogens is 1. The number of carbonyl (C=O) groups excluding carboxylic acids is 1. The zero-order chi connectivity index (χ0) is 20.4. The van der Waals surface area contributed by atoms with Gasteiger partial charge in [0.15, 0.2) is 0 Å². The third kappa shape index (κ3) is 3.86. The van der Waals surface area contributed by atoms with Crippen LogP contribution in [0, 0.1) is 11.3 Å². The molecule has 1 aliphatic rings. The molecule has 1 saturated heterocycles. The van der Waals surface area contributed by atoms with Gasteiger partial charge in [-0.05, 0) is 36.4 Å². The first-order valence-electron chi connectivity index (χ1n) is 9.26. The highest BCUT2D eigenvalue weighted by Gasteiger charge is 2.27. The third-order valence-corrected chi connectivity index (χ3v) is 6.83. The summed E-state index contributed by atoms with van der Waals surface area (Å²) in [7, 11) is 0. The number of thiophene rings is 1. The van der Waals surface area contributed by atoms with Gasteiger partial charge in [0, 0.05) is 41.9 Å². The Kier molecular flexibility index (Phi) is 5.56. The van der Waals surface area contributed by atoms with Gasteiger partial charge < -0.3 is 15.5 Å². The Morgan fingerprint density at radius 3 is 2.24 bits per heavy atom. The van der Waals surface area contributed by atoms with E-state index in [1.807, 2.05) is 30.3 Å². The Labute approximate surface area is 182 Å². The lowest BCUT2D eigenvalue weighted by Gasteiger charge is -2.36. The number of nitriles is 1. The average Bonchev–Trinajstić information content (AvgIpc) is 3.10. The first-order valence-corrected chi connectivity index (χ1v) is 10.9. The number of nitrogens with zero attached hydrogens (tertiary/aromatic N) is 3. The molecule has 1 aromatic heterocycles. The van der Waals surface area contributed by atoms with Gasteiger partial charge in [-0.1, -0.05) is 34.1 Å². The minimum atomic E-state index is -0.148. The molecule has 0 aliphatic carbocycles. The lowest BCUT2D eigenvalue weighted by atomic mass is 10.1. The Bertz CT molecular complexity index is 1060. The molecule has 2 heterocycles. The highest BCUT2D eigenvalue weighted by molar-refractivity contribution is 9.10. The largest absolute Gasteiger partial charge is 0.396 e. The number of rotatable bonds is 4. The first kappa shape index (κ1) is 19.5. The average molecular weight is 467 g/mol. The highest BCUT2D eigenvalue weighted by Crippen LogP contribution is 2.39. The van der Waals surface area contributed by atoms with Crippen molar-refractivity contribution in [2.24, 2.45) is 0 Å². The summed E-state index contributed by atoms with van der Waals surface area (Å²) < 4.78 is 0.905. The van der Waals surface area contributed by atoms with Crippen LogP contribution in [-0.4, -0.2) is 32.0 Å². The fraction of sp³-hybridized carbons (Fsp3) is 0.182. The molecule has 1 fully saturated rings. The minimum absolute atomic E-state index is 0.148. The molecule has 3 aromatic rings. The summed E-state index contributed by atoms with van der Waals surface area (Å²) in [6.45, 7) is 3.25. The van der Waals surface area contributed by atoms with Crippen molar-refractivity contribution in [2.45, 2.75) is 0 Å². The zero-order valence-corrected chi connectivity index (χ0v) is 18.0. The van der Waals surface area contributed by atoms with Gasteiger partial charge in [-0.2, -0.15) is 5.26 Å². The molecule has 29 heavy (non-hydrogen) atoms. The smallest absolute Gasteiger partial charge is 0.205 e. The maximum Gasteiger partial charge on any atom is 0.205 e. The fourth-order valence-electron chi connectivity index (χ4n) is 3.47. The second-order valence-corrected chi connectivity index (χ2v) is 8.70. The van der Waals surface area contributed by atoms with Gasteiger partial charge in [-0.15, -0.1) is 11.3 Å². The number of benzene rings is 2. The molecule has 7 heteroatoms. The van der Waals surface area contributed by atoms with E-state index in [1.165, 1.54) is 17.0 Å². The number of hydrogen-bond donors (Lipinski definition) is 1. The summed E-state index contributed by atoms with van der Waals surface area (Å²) in [5, 5.41) is 10.5. The molecule has 146 valence electrons. The highest BCUT2D eigenvalue weighted by atomic mass is 79.9. The summed E-state index contributed by atoms with van der Waals surface area (Å²) in [4.78, 5) is 17.9. The van der Waals surface area contributed by atoms with Crippen molar-refractivity contribution >= 4 is 49.4 Å². The van der Waals surface area contributed by atoms with Crippen LogP contribution in [0.15, 0.2) is 59.1 Å². The van der Waals surface area contributed by atoms with E-state index in [1.54, 1.807) is 12.1 Å². The van der Waals surface area contributed by atoms with E-state index in [-0.39, 0.29) is 11.5 Å². The normalized spacial score (nSPS) is 13.9. The molecule has 5 nitrogen and oxygen atoms in total. The number of hydrogen-bond acceptors (Lipinski definition) is 6. The topological polar surface area (TPSA) is 73.4 Å². The van der Waals surface area contributed by atoms with Crippen molar-refractivity contribution in [3.8, 4) is 6.07 Å². The molecular weight excluding hydrogens is 448 g/mol. The molecular formula is C22H19BrN4OS. The van der Waals surface area contributed by atoms with Crippen LogP contribution in [0.2, 0.25) is 0 Å². The van der Waals surface area contributed by atoms with Gasteiger partial charge in [-0.3, -0.25) is 4.79 Å². The van der Waals surface area contributed by atoms with Gasteiger partial charge in [0.1, 0.15) is 21.5 Å². The monoisotopic (exact) mass is 466 g/mol. The second kappa shape index (κ2) is 8.27. The third-order valence-electron chi connectivity index (χ3n) is 5.04. The fourth-order valence-corrected chi connectivity index (χ4v) is 4.92. The van der Waals surface area contributed by atoms with Crippen LogP contribution in [0.5, 0.6) is 0 Å². The number of ketones is 1. The number of nitrogen functional groups attached to an aromatic ring is 1. The van der Waals surface area contributed by atoms with Gasteiger partial charge in [0.25, 0.3) is 0 Å². The van der Waals surface area contributed by atoms with Crippen LogP contribution in [-0.2, 0) is 0 Å². The number of anilines is 3. The minimum Gasteiger partial charge on any atom is -0.396 e. The number of nitrogens with two attached hydrogens (primary N) is 1. The van der Waals surface area contributed by atoms with Crippen molar-refractivity contribution < 1.29 is 4.79 Å². The van der Waals surface area contributed by atoms with Crippen LogP contribution in [0.4, 0.5) is 16.4 Å². The van der Waals surface area contributed by atoms with Gasteiger partial charge in [0.05, 0.1) is 5.69 Å². The van der Waals surface area contributed by atoms with E-state index in [0.29, 0.717) is 16.0 Å². The predicted molar refractivity (Wildman–Crippen MR) is 122 cm³/mol.